The average Bonchev–Trinajstić information content (AvgIpc) is 3.47. The molecule has 164 valence electrons. The number of hydrogen-bond donors (Lipinski definition) is 1. The second-order valence-corrected chi connectivity index (χ2v) is 9.28. The number of nitrogens with zero attached hydrogens (tertiary/aromatic N) is 5. The maximum absolute atomic E-state index is 5.59. The van der Waals surface area contributed by atoms with Crippen molar-refractivity contribution in [1.82, 2.24) is 24.9 Å². The number of rotatable bonds is 5. The Morgan fingerprint density at radius 1 is 1.38 bits per heavy atom. The van der Waals surface area contributed by atoms with E-state index in [-0.39, 0.29) is 29.5 Å². The van der Waals surface area contributed by atoms with E-state index in [1.165, 1.54) is 29.9 Å². The van der Waals surface area contributed by atoms with E-state index in [1.54, 1.807) is 0 Å². The number of aromatic nitrogens is 2. The van der Waals surface area contributed by atoms with Gasteiger partial charge in [-0.2, -0.15) is 16.9 Å². The Hall–Kier alpha value is -0.520. The predicted molar refractivity (Wildman–Crippen MR) is 131 cm³/mol. The van der Waals surface area contributed by atoms with Crippen molar-refractivity contribution < 1.29 is 4.74 Å². The molecule has 0 aliphatic carbocycles. The van der Waals surface area contributed by atoms with Crippen LogP contribution in [0.5, 0.6) is 0 Å². The van der Waals surface area contributed by atoms with Crippen LogP contribution in [0.1, 0.15) is 31.2 Å². The minimum atomic E-state index is 0. The first-order chi connectivity index (χ1) is 13.7. The molecule has 3 aliphatic heterocycles. The summed E-state index contributed by atoms with van der Waals surface area (Å²) < 4.78 is 7.50. The molecule has 9 heteroatoms. The van der Waals surface area contributed by atoms with Crippen molar-refractivity contribution in [2.24, 2.45) is 12.0 Å². The third-order valence-corrected chi connectivity index (χ3v) is 7.54. The monoisotopic (exact) mass is 534 g/mol. The summed E-state index contributed by atoms with van der Waals surface area (Å²) in [6, 6.07) is 0. The number of guanidine groups is 1. The number of aliphatic imine (C=N–C) groups is 1. The quantitative estimate of drug-likeness (QED) is 0.355. The van der Waals surface area contributed by atoms with Crippen LogP contribution in [0.15, 0.2) is 17.4 Å². The van der Waals surface area contributed by atoms with Gasteiger partial charge in [-0.1, -0.05) is 0 Å². The summed E-state index contributed by atoms with van der Waals surface area (Å²) in [5.41, 5.74) is 1.55. The standard InChI is InChI=1S/C20H34N6OS.HI/c1-3-21-19(25-6-4-17(14-25)18-12-23-24(2)13-18)22-15-20(5-11-28-16-20)26-7-9-27-10-8-26;/h12-13,17H,3-11,14-16H2,1-2H3,(H,21,22);1H. The number of aryl methyl sites for hydroxylation is 1. The highest BCUT2D eigenvalue weighted by Crippen LogP contribution is 2.34. The highest BCUT2D eigenvalue weighted by atomic mass is 127. The molecule has 0 spiro atoms. The molecule has 0 aromatic carbocycles. The first-order valence-corrected chi connectivity index (χ1v) is 11.8. The lowest BCUT2D eigenvalue weighted by atomic mass is 9.96. The fraction of sp³-hybridized carbons (Fsp3) is 0.800. The van der Waals surface area contributed by atoms with Gasteiger partial charge in [0.1, 0.15) is 0 Å². The second-order valence-electron chi connectivity index (χ2n) is 8.18. The molecule has 4 heterocycles. The van der Waals surface area contributed by atoms with Gasteiger partial charge in [-0.05, 0) is 31.1 Å². The summed E-state index contributed by atoms with van der Waals surface area (Å²) in [5.74, 6) is 4.07. The van der Waals surface area contributed by atoms with Gasteiger partial charge < -0.3 is 15.0 Å². The van der Waals surface area contributed by atoms with E-state index in [0.29, 0.717) is 5.92 Å². The normalized spacial score (nSPS) is 28.6. The molecule has 7 nitrogen and oxygen atoms in total. The van der Waals surface area contributed by atoms with Gasteiger partial charge in [0, 0.05) is 57.6 Å². The van der Waals surface area contributed by atoms with Crippen molar-refractivity contribution in [3.63, 3.8) is 0 Å². The van der Waals surface area contributed by atoms with E-state index in [0.717, 1.165) is 58.4 Å². The van der Waals surface area contributed by atoms with Crippen molar-refractivity contribution in [2.75, 3.05) is 64.0 Å². The van der Waals surface area contributed by atoms with E-state index in [2.05, 4.69) is 45.1 Å². The Labute approximate surface area is 196 Å². The Balaban J connectivity index is 0.00000240. The molecule has 3 fully saturated rings. The highest BCUT2D eigenvalue weighted by Gasteiger charge is 2.41. The number of ether oxygens (including phenoxy) is 1. The van der Waals surface area contributed by atoms with E-state index in [1.807, 2.05) is 17.9 Å². The van der Waals surface area contributed by atoms with Gasteiger partial charge in [0.2, 0.25) is 0 Å². The summed E-state index contributed by atoms with van der Waals surface area (Å²) in [6.45, 7) is 9.83. The number of nitrogens with one attached hydrogen (secondary N) is 1. The Morgan fingerprint density at radius 2 is 2.21 bits per heavy atom. The fourth-order valence-corrected chi connectivity index (χ4v) is 6.10. The smallest absolute Gasteiger partial charge is 0.194 e. The lowest BCUT2D eigenvalue weighted by Gasteiger charge is -2.42. The summed E-state index contributed by atoms with van der Waals surface area (Å²) in [4.78, 5) is 10.3. The number of hydrogen-bond acceptors (Lipinski definition) is 5. The van der Waals surface area contributed by atoms with Gasteiger partial charge >= 0.3 is 0 Å². The van der Waals surface area contributed by atoms with Crippen LogP contribution in [0.2, 0.25) is 0 Å². The average molecular weight is 535 g/mol. The maximum atomic E-state index is 5.59. The fourth-order valence-electron chi connectivity index (χ4n) is 4.63. The van der Waals surface area contributed by atoms with Crippen molar-refractivity contribution in [2.45, 2.75) is 31.2 Å². The van der Waals surface area contributed by atoms with Gasteiger partial charge in [-0.25, -0.2) is 0 Å². The van der Waals surface area contributed by atoms with E-state index < -0.39 is 0 Å². The molecule has 1 N–H and O–H groups in total. The van der Waals surface area contributed by atoms with Crippen LogP contribution < -0.4 is 5.32 Å². The molecule has 0 bridgehead atoms. The van der Waals surface area contributed by atoms with Crippen LogP contribution in [0.4, 0.5) is 0 Å². The minimum absolute atomic E-state index is 0. The summed E-state index contributed by atoms with van der Waals surface area (Å²) in [7, 11) is 1.99. The molecular weight excluding hydrogens is 499 g/mol. The van der Waals surface area contributed by atoms with E-state index in [4.69, 9.17) is 9.73 Å². The maximum Gasteiger partial charge on any atom is 0.194 e. The number of halogens is 1. The molecule has 0 saturated carbocycles. The zero-order valence-corrected chi connectivity index (χ0v) is 20.8. The largest absolute Gasteiger partial charge is 0.379 e. The van der Waals surface area contributed by atoms with Crippen molar-refractivity contribution in [3.05, 3.63) is 18.0 Å². The molecule has 3 aliphatic rings. The highest BCUT2D eigenvalue weighted by molar-refractivity contribution is 14.0. The summed E-state index contributed by atoms with van der Waals surface area (Å²) >= 11 is 2.08. The first-order valence-electron chi connectivity index (χ1n) is 10.6. The molecule has 29 heavy (non-hydrogen) atoms. The Bertz CT molecular complexity index is 672. The number of morpholine rings is 1. The van der Waals surface area contributed by atoms with Crippen LogP contribution in [0.3, 0.4) is 0 Å². The lowest BCUT2D eigenvalue weighted by molar-refractivity contribution is -0.0105. The zero-order valence-electron chi connectivity index (χ0n) is 17.7. The van der Waals surface area contributed by atoms with Crippen molar-refractivity contribution >= 4 is 41.7 Å². The number of thioether (sulfide) groups is 1. The van der Waals surface area contributed by atoms with Gasteiger partial charge in [-0.15, -0.1) is 24.0 Å². The third kappa shape index (κ3) is 5.40. The van der Waals surface area contributed by atoms with Gasteiger partial charge in [-0.3, -0.25) is 14.6 Å². The summed E-state index contributed by atoms with van der Waals surface area (Å²) in [6.07, 6.45) is 6.57. The van der Waals surface area contributed by atoms with Crippen LogP contribution >= 0.6 is 35.7 Å². The molecule has 0 amide bonds. The predicted octanol–water partition coefficient (Wildman–Crippen LogP) is 2.00. The SMILES string of the molecule is CCNC(=NCC1(N2CCOCC2)CCSC1)N1CCC(c2cnn(C)c2)C1.I. The number of likely N-dealkylation sites (tertiary alicyclic amines) is 1. The third-order valence-electron chi connectivity index (χ3n) is 6.31. The Kier molecular flexibility index (Phi) is 8.52. The van der Waals surface area contributed by atoms with E-state index in [9.17, 15) is 0 Å². The second kappa shape index (κ2) is 10.7. The lowest BCUT2D eigenvalue weighted by Crippen LogP contribution is -2.56. The molecule has 3 saturated heterocycles. The van der Waals surface area contributed by atoms with Crippen LogP contribution in [-0.4, -0.2) is 95.1 Å². The van der Waals surface area contributed by atoms with Crippen LogP contribution in [0, 0.1) is 0 Å². The van der Waals surface area contributed by atoms with Crippen molar-refractivity contribution in [3.8, 4) is 0 Å². The molecule has 1 aromatic rings. The molecule has 1 aromatic heterocycles. The first kappa shape index (κ1) is 23.1. The molecule has 0 radical (unpaired) electrons. The van der Waals surface area contributed by atoms with Gasteiger partial charge in [0.15, 0.2) is 5.96 Å². The van der Waals surface area contributed by atoms with Gasteiger partial charge in [0.25, 0.3) is 0 Å². The van der Waals surface area contributed by atoms with Crippen LogP contribution in [-0.2, 0) is 11.8 Å². The zero-order chi connectivity index (χ0) is 19.4. The summed E-state index contributed by atoms with van der Waals surface area (Å²) in [5, 5.41) is 7.90. The Morgan fingerprint density at radius 3 is 2.86 bits per heavy atom. The van der Waals surface area contributed by atoms with Crippen LogP contribution in [0.25, 0.3) is 0 Å². The minimum Gasteiger partial charge on any atom is -0.379 e. The molecule has 2 unspecified atom stereocenters. The van der Waals surface area contributed by atoms with E-state index >= 15 is 0 Å². The van der Waals surface area contributed by atoms with Gasteiger partial charge in [0.05, 0.1) is 31.5 Å². The molecule has 2 atom stereocenters. The topological polar surface area (TPSA) is 57.9 Å². The van der Waals surface area contributed by atoms with Crippen molar-refractivity contribution in [1.29, 1.82) is 0 Å². The molecule has 4 rings (SSSR count). The molecular formula is C20H35IN6OS.